The quantitative estimate of drug-likeness (QED) is 0.861. The van der Waals surface area contributed by atoms with Crippen LogP contribution in [0, 0.1) is 0 Å². The predicted octanol–water partition coefficient (Wildman–Crippen LogP) is 2.99. The Labute approximate surface area is 136 Å². The fourth-order valence-corrected chi connectivity index (χ4v) is 4.57. The summed E-state index contributed by atoms with van der Waals surface area (Å²) >= 11 is 3.34. The molecule has 1 aliphatic heterocycles. The Morgan fingerprint density at radius 1 is 1.29 bits per heavy atom. The molecule has 1 unspecified atom stereocenters. The smallest absolute Gasteiger partial charge is 0.243 e. The van der Waals surface area contributed by atoms with Gasteiger partial charge in [-0.05, 0) is 57.5 Å². The highest BCUT2D eigenvalue weighted by Crippen LogP contribution is 2.22. The summed E-state index contributed by atoms with van der Waals surface area (Å²) in [7, 11) is -3.44. The van der Waals surface area contributed by atoms with E-state index >= 15 is 0 Å². The van der Waals surface area contributed by atoms with Crippen LogP contribution in [0.1, 0.15) is 33.1 Å². The summed E-state index contributed by atoms with van der Waals surface area (Å²) in [6, 6.07) is 7.05. The Bertz CT molecular complexity index is 552. The summed E-state index contributed by atoms with van der Waals surface area (Å²) in [6.07, 6.45) is 3.39. The molecule has 1 fully saturated rings. The van der Waals surface area contributed by atoms with Gasteiger partial charge in [0, 0.05) is 23.1 Å². The van der Waals surface area contributed by atoms with Crippen molar-refractivity contribution < 1.29 is 8.42 Å². The summed E-state index contributed by atoms with van der Waals surface area (Å²) in [5.74, 6) is 0. The highest BCUT2D eigenvalue weighted by Gasteiger charge is 2.29. The molecule has 1 N–H and O–H groups in total. The van der Waals surface area contributed by atoms with E-state index in [0.29, 0.717) is 11.4 Å². The van der Waals surface area contributed by atoms with Crippen molar-refractivity contribution in [3.05, 3.63) is 28.7 Å². The maximum absolute atomic E-state index is 12.8. The predicted molar refractivity (Wildman–Crippen MR) is 88.8 cm³/mol. The third kappa shape index (κ3) is 4.28. The van der Waals surface area contributed by atoms with Crippen LogP contribution in [0.5, 0.6) is 0 Å². The molecule has 1 atom stereocenters. The molecule has 1 saturated heterocycles. The van der Waals surface area contributed by atoms with Crippen LogP contribution in [-0.4, -0.2) is 37.9 Å². The van der Waals surface area contributed by atoms with Crippen LogP contribution in [0.25, 0.3) is 0 Å². The van der Waals surface area contributed by atoms with Gasteiger partial charge in [0.25, 0.3) is 0 Å². The van der Waals surface area contributed by atoms with Crippen LogP contribution in [0.4, 0.5) is 0 Å². The molecule has 4 nitrogen and oxygen atoms in total. The molecule has 1 aromatic rings. The molecule has 1 aliphatic rings. The fraction of sp³-hybridized carbons (Fsp3) is 0.600. The monoisotopic (exact) mass is 374 g/mol. The summed E-state index contributed by atoms with van der Waals surface area (Å²) in [4.78, 5) is 0.357. The number of halogens is 1. The Morgan fingerprint density at radius 3 is 2.48 bits per heavy atom. The first-order valence-corrected chi connectivity index (χ1v) is 9.65. The second-order valence-electron chi connectivity index (χ2n) is 5.77. The van der Waals surface area contributed by atoms with E-state index in [-0.39, 0.29) is 12.1 Å². The molecule has 118 valence electrons. The lowest BCUT2D eigenvalue weighted by molar-refractivity contribution is 0.282. The van der Waals surface area contributed by atoms with E-state index in [2.05, 4.69) is 21.2 Å². The lowest BCUT2D eigenvalue weighted by Gasteiger charge is -2.32. The standard InChI is InChI=1S/C15H23BrN2O2S/c1-12(2)18(11-14-5-3-4-10-17-14)21(19,20)15-8-6-13(16)7-9-15/h6-9,12,14,17H,3-5,10-11H2,1-2H3. The molecule has 2 rings (SSSR count). The maximum atomic E-state index is 12.8. The number of sulfonamides is 1. The van der Waals surface area contributed by atoms with Gasteiger partial charge in [0.15, 0.2) is 0 Å². The van der Waals surface area contributed by atoms with E-state index in [0.717, 1.165) is 17.4 Å². The summed E-state index contributed by atoms with van der Waals surface area (Å²) < 4.78 is 28.2. The van der Waals surface area contributed by atoms with Crippen LogP contribution < -0.4 is 5.32 Å². The van der Waals surface area contributed by atoms with Crippen molar-refractivity contribution in [2.45, 2.75) is 50.1 Å². The molecule has 1 aromatic carbocycles. The fourth-order valence-electron chi connectivity index (χ4n) is 2.63. The highest BCUT2D eigenvalue weighted by molar-refractivity contribution is 9.10. The lowest BCUT2D eigenvalue weighted by Crippen LogP contribution is -2.48. The number of piperidine rings is 1. The van der Waals surface area contributed by atoms with Crippen molar-refractivity contribution in [3.63, 3.8) is 0 Å². The zero-order chi connectivity index (χ0) is 15.5. The van der Waals surface area contributed by atoms with E-state index in [1.807, 2.05) is 13.8 Å². The molecular formula is C15H23BrN2O2S. The topological polar surface area (TPSA) is 49.4 Å². The highest BCUT2D eigenvalue weighted by atomic mass is 79.9. The van der Waals surface area contributed by atoms with Gasteiger partial charge in [-0.25, -0.2) is 8.42 Å². The molecule has 21 heavy (non-hydrogen) atoms. The molecule has 0 spiro atoms. The number of rotatable bonds is 5. The van der Waals surface area contributed by atoms with E-state index in [1.54, 1.807) is 28.6 Å². The summed E-state index contributed by atoms with van der Waals surface area (Å²) in [6.45, 7) is 5.38. The molecule has 6 heteroatoms. The molecule has 0 saturated carbocycles. The van der Waals surface area contributed by atoms with Crippen molar-refractivity contribution >= 4 is 26.0 Å². The van der Waals surface area contributed by atoms with Gasteiger partial charge >= 0.3 is 0 Å². The van der Waals surface area contributed by atoms with Crippen molar-refractivity contribution in [1.29, 1.82) is 0 Å². The van der Waals surface area contributed by atoms with Crippen molar-refractivity contribution in [2.75, 3.05) is 13.1 Å². The minimum absolute atomic E-state index is 0.0534. The first kappa shape index (κ1) is 16.9. The minimum atomic E-state index is -3.44. The van der Waals surface area contributed by atoms with Gasteiger partial charge in [-0.15, -0.1) is 0 Å². The number of benzene rings is 1. The van der Waals surface area contributed by atoms with E-state index in [4.69, 9.17) is 0 Å². The Balaban J connectivity index is 2.21. The van der Waals surface area contributed by atoms with E-state index in [1.165, 1.54) is 12.8 Å². The summed E-state index contributed by atoms with van der Waals surface area (Å²) in [5, 5.41) is 3.42. The Morgan fingerprint density at radius 2 is 1.95 bits per heavy atom. The van der Waals surface area contributed by atoms with E-state index in [9.17, 15) is 8.42 Å². The Kier molecular flexibility index (Phi) is 5.82. The van der Waals surface area contributed by atoms with Gasteiger partial charge in [-0.1, -0.05) is 22.4 Å². The average Bonchev–Trinajstić information content (AvgIpc) is 2.46. The zero-order valence-electron chi connectivity index (χ0n) is 12.5. The van der Waals surface area contributed by atoms with Crippen LogP contribution >= 0.6 is 15.9 Å². The van der Waals surface area contributed by atoms with Gasteiger partial charge in [-0.2, -0.15) is 4.31 Å². The second-order valence-corrected chi connectivity index (χ2v) is 8.58. The van der Waals surface area contributed by atoms with Crippen LogP contribution in [0.2, 0.25) is 0 Å². The van der Waals surface area contributed by atoms with Gasteiger partial charge in [0.2, 0.25) is 10.0 Å². The van der Waals surface area contributed by atoms with Crippen molar-refractivity contribution in [1.82, 2.24) is 9.62 Å². The first-order valence-electron chi connectivity index (χ1n) is 7.42. The number of hydrogen-bond acceptors (Lipinski definition) is 3. The molecule has 0 aromatic heterocycles. The van der Waals surface area contributed by atoms with Crippen LogP contribution in [0.15, 0.2) is 33.6 Å². The normalized spacial score (nSPS) is 20.1. The van der Waals surface area contributed by atoms with E-state index < -0.39 is 10.0 Å². The zero-order valence-corrected chi connectivity index (χ0v) is 15.0. The average molecular weight is 375 g/mol. The molecule has 0 aliphatic carbocycles. The minimum Gasteiger partial charge on any atom is -0.313 e. The lowest BCUT2D eigenvalue weighted by atomic mass is 10.1. The number of hydrogen-bond donors (Lipinski definition) is 1. The first-order chi connectivity index (χ1) is 9.91. The van der Waals surface area contributed by atoms with Crippen LogP contribution in [0.3, 0.4) is 0 Å². The largest absolute Gasteiger partial charge is 0.313 e. The third-order valence-electron chi connectivity index (χ3n) is 3.81. The van der Waals surface area contributed by atoms with Crippen molar-refractivity contribution in [2.24, 2.45) is 0 Å². The molecule has 1 heterocycles. The molecule has 0 radical (unpaired) electrons. The third-order valence-corrected chi connectivity index (χ3v) is 6.39. The van der Waals surface area contributed by atoms with Gasteiger partial charge in [0.05, 0.1) is 4.90 Å². The maximum Gasteiger partial charge on any atom is 0.243 e. The number of nitrogens with one attached hydrogen (secondary N) is 1. The Hall–Kier alpha value is -0.430. The SMILES string of the molecule is CC(C)N(CC1CCCCN1)S(=O)(=O)c1ccc(Br)cc1. The van der Waals surface area contributed by atoms with Gasteiger partial charge in [0.1, 0.15) is 0 Å². The van der Waals surface area contributed by atoms with Crippen molar-refractivity contribution in [3.8, 4) is 0 Å². The molecule has 0 amide bonds. The van der Waals surface area contributed by atoms with Gasteiger partial charge < -0.3 is 5.32 Å². The number of nitrogens with zero attached hydrogens (tertiary/aromatic N) is 1. The second kappa shape index (κ2) is 7.22. The van der Waals surface area contributed by atoms with Crippen LogP contribution in [-0.2, 0) is 10.0 Å². The molecule has 0 bridgehead atoms. The molecular weight excluding hydrogens is 352 g/mol. The van der Waals surface area contributed by atoms with Gasteiger partial charge in [-0.3, -0.25) is 0 Å². The summed E-state index contributed by atoms with van der Waals surface area (Å²) in [5.41, 5.74) is 0.